The number of nitriles is 1. The molecule has 0 saturated heterocycles. The Balaban J connectivity index is 0.000000231. The zero-order valence-electron chi connectivity index (χ0n) is 5.34. The predicted octanol–water partition coefficient (Wildman–Crippen LogP) is 2.49. The summed E-state index contributed by atoms with van der Waals surface area (Å²) in [4.78, 5) is 0. The van der Waals surface area contributed by atoms with Crippen LogP contribution < -0.4 is 0 Å². The van der Waals surface area contributed by atoms with Gasteiger partial charge in [-0.2, -0.15) is 0 Å². The van der Waals surface area contributed by atoms with Crippen molar-refractivity contribution in [2.24, 2.45) is 0 Å². The molecule has 0 amide bonds. The van der Waals surface area contributed by atoms with Crippen LogP contribution in [0.25, 0.3) is 0 Å². The molecule has 50 valence electrons. The molecule has 1 aromatic carbocycles. The summed E-state index contributed by atoms with van der Waals surface area (Å²) < 4.78 is 1.26. The summed E-state index contributed by atoms with van der Waals surface area (Å²) in [5.41, 5.74) is 2.91. The van der Waals surface area contributed by atoms with E-state index in [0.29, 0.717) is 0 Å². The lowest BCUT2D eigenvalue weighted by Crippen LogP contribution is -2.00. The zero-order valence-corrected chi connectivity index (χ0v) is 6.93. The Bertz CT molecular complexity index is 256. The molecular weight excluding hydrogens is 190 g/mol. The summed E-state index contributed by atoms with van der Waals surface area (Å²) in [6.07, 6.45) is 1.18. The largest absolute Gasteiger partial charge is 0.202 e. The van der Waals surface area contributed by atoms with Crippen molar-refractivity contribution in [2.75, 3.05) is 0 Å². The van der Waals surface area contributed by atoms with Gasteiger partial charge >= 0.3 is 0 Å². The van der Waals surface area contributed by atoms with Crippen LogP contribution in [-0.4, -0.2) is 0 Å². The lowest BCUT2D eigenvalue weighted by atomic mass is 9.94. The molecule has 0 atom stereocenters. The normalized spacial score (nSPS) is 10.7. The fraction of sp³-hybridized carbons (Fsp3) is 0.125. The number of hydrogen-bond acceptors (Lipinski definition) is 1. The van der Waals surface area contributed by atoms with Crippen LogP contribution in [0.5, 0.6) is 0 Å². The maximum atomic E-state index is 6.50. The van der Waals surface area contributed by atoms with Gasteiger partial charge in [0.1, 0.15) is 0 Å². The van der Waals surface area contributed by atoms with Gasteiger partial charge in [0.2, 0.25) is 0 Å². The second kappa shape index (κ2) is 2.85. The molecule has 2 aliphatic rings. The maximum Gasteiger partial charge on any atom is 0.0462 e. The highest BCUT2D eigenvalue weighted by molar-refractivity contribution is 9.10. The molecule has 0 spiro atoms. The molecule has 0 saturated carbocycles. The molecule has 0 unspecified atom stereocenters. The van der Waals surface area contributed by atoms with E-state index < -0.39 is 0 Å². The van der Waals surface area contributed by atoms with Crippen molar-refractivity contribution in [1.29, 1.82) is 5.26 Å². The van der Waals surface area contributed by atoms with Crippen molar-refractivity contribution in [1.82, 2.24) is 0 Å². The first kappa shape index (κ1) is 7.30. The number of fused-ring (bicyclic) bond motifs is 2. The second-order valence-corrected chi connectivity index (χ2v) is 2.96. The van der Waals surface area contributed by atoms with Crippen LogP contribution in [0.1, 0.15) is 11.1 Å². The minimum atomic E-state index is 1.18. The zero-order chi connectivity index (χ0) is 7.56. The van der Waals surface area contributed by atoms with Gasteiger partial charge in [0, 0.05) is 11.0 Å². The monoisotopic (exact) mass is 195 g/mol. The Labute approximate surface area is 68.4 Å². The Morgan fingerprint density at radius 1 is 1.40 bits per heavy atom. The van der Waals surface area contributed by atoms with E-state index in [1.807, 2.05) is 0 Å². The van der Waals surface area contributed by atoms with Crippen LogP contribution in [0, 0.1) is 11.8 Å². The fourth-order valence-corrected chi connectivity index (χ4v) is 1.35. The van der Waals surface area contributed by atoms with Crippen LogP contribution in [0.15, 0.2) is 22.7 Å². The number of rotatable bonds is 0. The van der Waals surface area contributed by atoms with Crippen LogP contribution in [0.2, 0.25) is 0 Å². The molecular formula is C8H6BrN. The molecule has 0 fully saturated rings. The average molecular weight is 196 g/mol. The summed E-state index contributed by atoms with van der Waals surface area (Å²) in [6, 6.07) is 6.47. The van der Waals surface area contributed by atoms with Crippen molar-refractivity contribution in [3.63, 3.8) is 0 Å². The van der Waals surface area contributed by atoms with Gasteiger partial charge in [-0.3, -0.25) is 0 Å². The first-order valence-electron chi connectivity index (χ1n) is 2.89. The molecule has 2 bridgehead atoms. The summed E-state index contributed by atoms with van der Waals surface area (Å²) in [5.74, 6) is 0. The highest BCUT2D eigenvalue weighted by Gasteiger charge is 2.10. The topological polar surface area (TPSA) is 23.8 Å². The van der Waals surface area contributed by atoms with Crippen molar-refractivity contribution >= 4 is 15.9 Å². The predicted molar refractivity (Wildman–Crippen MR) is 43.6 cm³/mol. The standard InChI is InChI=1S/C7H5Br.CHN/c8-7-2-1-5-3-6(7)4-5;1-2/h1-3H,4H2;1H. The van der Waals surface area contributed by atoms with E-state index in [9.17, 15) is 0 Å². The van der Waals surface area contributed by atoms with Crippen molar-refractivity contribution in [3.8, 4) is 6.57 Å². The summed E-state index contributed by atoms with van der Waals surface area (Å²) in [7, 11) is 0. The van der Waals surface area contributed by atoms with Gasteiger partial charge < -0.3 is 0 Å². The van der Waals surface area contributed by atoms with Crippen LogP contribution in [0.4, 0.5) is 0 Å². The Hall–Kier alpha value is -0.810. The third-order valence-electron chi connectivity index (χ3n) is 1.50. The van der Waals surface area contributed by atoms with Crippen molar-refractivity contribution < 1.29 is 0 Å². The van der Waals surface area contributed by atoms with Gasteiger partial charge in [-0.05, 0) is 23.6 Å². The molecule has 0 radical (unpaired) electrons. The molecule has 1 nitrogen and oxygen atoms in total. The van der Waals surface area contributed by atoms with E-state index in [1.54, 1.807) is 0 Å². The lowest BCUT2D eigenvalue weighted by Gasteiger charge is -2.15. The van der Waals surface area contributed by atoms with Crippen LogP contribution >= 0.6 is 15.9 Å². The number of hydrogen-bond donors (Lipinski definition) is 0. The first-order chi connectivity index (χ1) is 4.86. The SMILES string of the molecule is Brc1ccc2cc1C2.C#N. The van der Waals surface area contributed by atoms with Gasteiger partial charge in [-0.15, -0.1) is 0 Å². The van der Waals surface area contributed by atoms with E-state index in [0.717, 1.165) is 0 Å². The molecule has 10 heavy (non-hydrogen) atoms. The van der Waals surface area contributed by atoms with Gasteiger partial charge in [-0.1, -0.05) is 28.1 Å². The Kier molecular flexibility index (Phi) is 2.08. The number of halogens is 1. The molecule has 3 rings (SSSR count). The third-order valence-corrected chi connectivity index (χ3v) is 2.28. The lowest BCUT2D eigenvalue weighted by molar-refractivity contribution is 1.07. The summed E-state index contributed by atoms with van der Waals surface area (Å²) in [5, 5.41) is 6.50. The Morgan fingerprint density at radius 2 is 2.00 bits per heavy atom. The highest BCUT2D eigenvalue weighted by atomic mass is 79.9. The van der Waals surface area contributed by atoms with Gasteiger partial charge in [0.15, 0.2) is 0 Å². The van der Waals surface area contributed by atoms with E-state index in [2.05, 4.69) is 40.7 Å². The van der Waals surface area contributed by atoms with Gasteiger partial charge in [-0.25, -0.2) is 5.26 Å². The van der Waals surface area contributed by atoms with E-state index in [4.69, 9.17) is 5.26 Å². The molecule has 0 aliphatic heterocycles. The maximum absolute atomic E-state index is 6.50. The van der Waals surface area contributed by atoms with E-state index >= 15 is 0 Å². The minimum Gasteiger partial charge on any atom is -0.202 e. The second-order valence-electron chi connectivity index (χ2n) is 2.10. The van der Waals surface area contributed by atoms with Crippen molar-refractivity contribution in [3.05, 3.63) is 33.8 Å². The summed E-state index contributed by atoms with van der Waals surface area (Å²) >= 11 is 3.44. The smallest absolute Gasteiger partial charge is 0.0462 e. The fourth-order valence-electron chi connectivity index (χ4n) is 0.962. The molecule has 1 aromatic rings. The quantitative estimate of drug-likeness (QED) is 0.634. The summed E-state index contributed by atoms with van der Waals surface area (Å²) in [6.45, 7) is 3.50. The van der Waals surface area contributed by atoms with Crippen LogP contribution in [0.3, 0.4) is 0 Å². The first-order valence-corrected chi connectivity index (χ1v) is 3.69. The van der Waals surface area contributed by atoms with Crippen molar-refractivity contribution in [2.45, 2.75) is 6.42 Å². The number of nitrogens with zero attached hydrogens (tertiary/aromatic N) is 1. The molecule has 2 aliphatic carbocycles. The molecule has 0 N–H and O–H groups in total. The molecule has 2 heteroatoms. The molecule has 0 aromatic heterocycles. The highest BCUT2D eigenvalue weighted by Crippen LogP contribution is 2.28. The Morgan fingerprint density at radius 3 is 2.20 bits per heavy atom. The average Bonchev–Trinajstić information content (AvgIpc) is 1.90. The van der Waals surface area contributed by atoms with E-state index in [1.165, 1.54) is 22.0 Å². The van der Waals surface area contributed by atoms with Gasteiger partial charge in [0.25, 0.3) is 0 Å². The minimum absolute atomic E-state index is 1.18. The van der Waals surface area contributed by atoms with Crippen LogP contribution in [-0.2, 0) is 6.42 Å². The van der Waals surface area contributed by atoms with E-state index in [-0.39, 0.29) is 0 Å². The third kappa shape index (κ3) is 1.05. The molecule has 0 heterocycles. The number of benzene rings is 1. The van der Waals surface area contributed by atoms with Gasteiger partial charge in [0.05, 0.1) is 0 Å².